The van der Waals surface area contributed by atoms with Gasteiger partial charge in [-0.05, 0) is 42.0 Å². The number of nitrogens with one attached hydrogen (secondary N) is 2. The number of amides is 1. The highest BCUT2D eigenvalue weighted by atomic mass is 32.2. The van der Waals surface area contributed by atoms with E-state index in [9.17, 15) is 4.79 Å². The lowest BCUT2D eigenvalue weighted by Gasteiger charge is -2.09. The van der Waals surface area contributed by atoms with Crippen LogP contribution in [0.5, 0.6) is 5.75 Å². The summed E-state index contributed by atoms with van der Waals surface area (Å²) in [5, 5.41) is 6.18. The van der Waals surface area contributed by atoms with Crippen LogP contribution in [0.2, 0.25) is 0 Å². The second kappa shape index (κ2) is 7.17. The summed E-state index contributed by atoms with van der Waals surface area (Å²) in [4.78, 5) is 14.3. The molecule has 0 bridgehead atoms. The highest BCUT2D eigenvalue weighted by molar-refractivity contribution is 7.99. The number of carbonyl (C=O) groups excluding carboxylic acids is 1. The van der Waals surface area contributed by atoms with Crippen molar-refractivity contribution < 1.29 is 9.53 Å². The molecule has 0 aliphatic carbocycles. The summed E-state index contributed by atoms with van der Waals surface area (Å²) in [7, 11) is 1.67. The van der Waals surface area contributed by atoms with Gasteiger partial charge in [0, 0.05) is 21.4 Å². The van der Waals surface area contributed by atoms with Crippen LogP contribution in [0, 0.1) is 0 Å². The lowest BCUT2D eigenvalue weighted by molar-refractivity contribution is -0.122. The molecule has 1 aliphatic heterocycles. The molecule has 0 saturated carbocycles. The number of rotatable bonds is 5. The lowest BCUT2D eigenvalue weighted by atomic mass is 10.2. The minimum Gasteiger partial charge on any atom is -0.497 e. The summed E-state index contributed by atoms with van der Waals surface area (Å²) in [6, 6.07) is 12.1. The van der Waals surface area contributed by atoms with E-state index in [1.165, 1.54) is 4.88 Å². The second-order valence-electron chi connectivity index (χ2n) is 4.98. The van der Waals surface area contributed by atoms with E-state index in [1.807, 2.05) is 24.3 Å². The van der Waals surface area contributed by atoms with E-state index < -0.39 is 0 Å². The fraction of sp³-hybridized carbons (Fsp3) is 0.312. The van der Waals surface area contributed by atoms with Gasteiger partial charge >= 0.3 is 0 Å². The third kappa shape index (κ3) is 3.63. The monoisotopic (exact) mass is 334 g/mol. The Bertz CT molecular complexity index is 634. The Labute approximate surface area is 138 Å². The number of methoxy groups -OCH3 is 1. The molecule has 2 N–H and O–H groups in total. The van der Waals surface area contributed by atoms with Crippen LogP contribution in [0.4, 0.5) is 0 Å². The molecule has 1 aromatic carbocycles. The van der Waals surface area contributed by atoms with E-state index in [0.29, 0.717) is 6.54 Å². The van der Waals surface area contributed by atoms with Crippen molar-refractivity contribution in [2.75, 3.05) is 18.7 Å². The van der Waals surface area contributed by atoms with Gasteiger partial charge in [0.2, 0.25) is 5.91 Å². The fourth-order valence-corrected chi connectivity index (χ4v) is 4.14. The second-order valence-corrected chi connectivity index (χ2v) is 7.18. The summed E-state index contributed by atoms with van der Waals surface area (Å²) in [6.45, 7) is 0.586. The third-order valence-corrected chi connectivity index (χ3v) is 5.58. The molecule has 2 aromatic rings. The van der Waals surface area contributed by atoms with Crippen molar-refractivity contribution in [3.63, 3.8) is 0 Å². The van der Waals surface area contributed by atoms with Crippen LogP contribution in [0.15, 0.2) is 36.4 Å². The van der Waals surface area contributed by atoms with Crippen LogP contribution < -0.4 is 15.4 Å². The van der Waals surface area contributed by atoms with Crippen LogP contribution in [0.1, 0.15) is 4.88 Å². The number of hydrogen-bond acceptors (Lipinski definition) is 5. The predicted octanol–water partition coefficient (Wildman–Crippen LogP) is 2.70. The largest absolute Gasteiger partial charge is 0.497 e. The topological polar surface area (TPSA) is 50.4 Å². The molecule has 116 valence electrons. The van der Waals surface area contributed by atoms with Crippen molar-refractivity contribution in [2.45, 2.75) is 12.6 Å². The van der Waals surface area contributed by atoms with Gasteiger partial charge in [0.1, 0.15) is 5.75 Å². The molecule has 6 heteroatoms. The molecule has 0 radical (unpaired) electrons. The van der Waals surface area contributed by atoms with E-state index in [4.69, 9.17) is 4.74 Å². The van der Waals surface area contributed by atoms with Crippen molar-refractivity contribution in [1.82, 2.24) is 10.6 Å². The van der Waals surface area contributed by atoms with Crippen LogP contribution in [-0.2, 0) is 11.3 Å². The number of thioether (sulfide) groups is 1. The predicted molar refractivity (Wildman–Crippen MR) is 92.4 cm³/mol. The van der Waals surface area contributed by atoms with Crippen LogP contribution in [-0.4, -0.2) is 30.7 Å². The molecule has 22 heavy (non-hydrogen) atoms. The van der Waals surface area contributed by atoms with Crippen molar-refractivity contribution in [2.24, 2.45) is 0 Å². The van der Waals surface area contributed by atoms with Gasteiger partial charge < -0.3 is 10.1 Å². The Hall–Kier alpha value is -1.50. The Morgan fingerprint density at radius 1 is 1.32 bits per heavy atom. The summed E-state index contributed by atoms with van der Waals surface area (Å²) in [5.41, 5.74) is 1.16. The smallest absolute Gasteiger partial charge is 0.238 e. The van der Waals surface area contributed by atoms with Gasteiger partial charge in [-0.2, -0.15) is 0 Å². The van der Waals surface area contributed by atoms with Crippen molar-refractivity contribution in [3.05, 3.63) is 41.3 Å². The van der Waals surface area contributed by atoms with Crippen LogP contribution >= 0.6 is 23.1 Å². The summed E-state index contributed by atoms with van der Waals surface area (Å²) in [6.07, 6.45) is 0. The lowest BCUT2D eigenvalue weighted by Crippen LogP contribution is -2.41. The molecular formula is C16H18N2O2S2. The molecule has 1 amide bonds. The Morgan fingerprint density at radius 2 is 2.14 bits per heavy atom. The average Bonchev–Trinajstić information content (AvgIpc) is 3.24. The van der Waals surface area contributed by atoms with Gasteiger partial charge in [-0.3, -0.25) is 10.1 Å². The number of benzene rings is 1. The molecule has 1 fully saturated rings. The van der Waals surface area contributed by atoms with Gasteiger partial charge in [0.25, 0.3) is 0 Å². The van der Waals surface area contributed by atoms with Crippen LogP contribution in [0.25, 0.3) is 10.4 Å². The summed E-state index contributed by atoms with van der Waals surface area (Å²) in [5.74, 6) is 2.66. The third-order valence-electron chi connectivity index (χ3n) is 3.51. The zero-order chi connectivity index (χ0) is 15.4. The summed E-state index contributed by atoms with van der Waals surface area (Å²) >= 11 is 3.46. The van der Waals surface area contributed by atoms with Gasteiger partial charge in [-0.15, -0.1) is 23.1 Å². The maximum Gasteiger partial charge on any atom is 0.238 e. The van der Waals surface area contributed by atoms with Gasteiger partial charge in [-0.25, -0.2) is 0 Å². The Kier molecular flexibility index (Phi) is 5.02. The first-order valence-corrected chi connectivity index (χ1v) is 9.05. The normalized spacial score (nSPS) is 17.4. The number of carbonyl (C=O) groups is 1. The zero-order valence-corrected chi connectivity index (χ0v) is 13.9. The molecule has 1 atom stereocenters. The molecule has 2 heterocycles. The maximum absolute atomic E-state index is 12.0. The molecular weight excluding hydrogens is 316 g/mol. The van der Waals surface area contributed by atoms with Crippen molar-refractivity contribution in [3.8, 4) is 16.2 Å². The minimum absolute atomic E-state index is 0.0500. The van der Waals surface area contributed by atoms with Gasteiger partial charge in [-0.1, -0.05) is 0 Å². The van der Waals surface area contributed by atoms with E-state index >= 15 is 0 Å². The molecule has 0 spiro atoms. The van der Waals surface area contributed by atoms with E-state index in [-0.39, 0.29) is 11.9 Å². The molecule has 3 rings (SSSR count). The average molecular weight is 334 g/mol. The first kappa shape index (κ1) is 15.4. The number of ether oxygens (including phenoxy) is 1. The van der Waals surface area contributed by atoms with Crippen LogP contribution in [0.3, 0.4) is 0 Å². The van der Waals surface area contributed by atoms with Gasteiger partial charge in [0.15, 0.2) is 0 Å². The number of thiophene rings is 1. The fourth-order valence-electron chi connectivity index (χ4n) is 2.24. The molecule has 4 nitrogen and oxygen atoms in total. The van der Waals surface area contributed by atoms with Crippen molar-refractivity contribution >= 4 is 29.0 Å². The quantitative estimate of drug-likeness (QED) is 0.883. The molecule has 1 aromatic heterocycles. The molecule has 1 unspecified atom stereocenters. The number of hydrogen-bond donors (Lipinski definition) is 2. The van der Waals surface area contributed by atoms with Gasteiger partial charge in [0.05, 0.1) is 19.7 Å². The maximum atomic E-state index is 12.0. The highest BCUT2D eigenvalue weighted by Crippen LogP contribution is 2.29. The minimum atomic E-state index is -0.0500. The SMILES string of the molecule is COc1ccc(-c2ccc(CNC(=O)C3CSCN3)s2)cc1. The first-order chi connectivity index (χ1) is 10.8. The Balaban J connectivity index is 1.59. The highest BCUT2D eigenvalue weighted by Gasteiger charge is 2.22. The molecule has 1 saturated heterocycles. The van der Waals surface area contributed by atoms with E-state index in [0.717, 1.165) is 27.8 Å². The molecule has 1 aliphatic rings. The van der Waals surface area contributed by atoms with E-state index in [2.05, 4.69) is 22.8 Å². The first-order valence-electron chi connectivity index (χ1n) is 7.08. The Morgan fingerprint density at radius 3 is 2.82 bits per heavy atom. The standard InChI is InChI=1S/C16H18N2O2S2/c1-20-12-4-2-11(3-5-12)15-7-6-13(22-15)8-17-16(19)14-9-21-10-18-14/h2-7,14,18H,8-10H2,1H3,(H,17,19). The van der Waals surface area contributed by atoms with Crippen molar-refractivity contribution in [1.29, 1.82) is 0 Å². The van der Waals surface area contributed by atoms with E-state index in [1.54, 1.807) is 30.2 Å². The summed E-state index contributed by atoms with van der Waals surface area (Å²) < 4.78 is 5.17. The zero-order valence-electron chi connectivity index (χ0n) is 12.3.